The minimum atomic E-state index is -0.526. The highest BCUT2D eigenvalue weighted by molar-refractivity contribution is 9.09. The maximum absolute atomic E-state index is 12.5. The van der Waals surface area contributed by atoms with Gasteiger partial charge in [0.15, 0.2) is 0 Å². The van der Waals surface area contributed by atoms with Gasteiger partial charge in [-0.2, -0.15) is 0 Å². The van der Waals surface area contributed by atoms with Crippen molar-refractivity contribution in [3.63, 3.8) is 0 Å². The SMILES string of the molecule is CC(CBr)(NC(=O)c1ccc(Cl)cc1Cl)c1ccccc1. The Hall–Kier alpha value is -1.03. The van der Waals surface area contributed by atoms with Gasteiger partial charge in [-0.1, -0.05) is 69.5 Å². The van der Waals surface area contributed by atoms with Crippen LogP contribution in [0.3, 0.4) is 0 Å². The molecule has 0 aliphatic heterocycles. The van der Waals surface area contributed by atoms with Crippen LogP contribution in [0.25, 0.3) is 0 Å². The Morgan fingerprint density at radius 1 is 1.19 bits per heavy atom. The first kappa shape index (κ1) is 16.3. The van der Waals surface area contributed by atoms with Crippen LogP contribution in [0.15, 0.2) is 48.5 Å². The predicted molar refractivity (Wildman–Crippen MR) is 91.5 cm³/mol. The van der Waals surface area contributed by atoms with E-state index in [2.05, 4.69) is 21.2 Å². The Labute approximate surface area is 142 Å². The van der Waals surface area contributed by atoms with E-state index in [0.29, 0.717) is 20.9 Å². The quantitative estimate of drug-likeness (QED) is 0.733. The number of nitrogens with one attached hydrogen (secondary N) is 1. The highest BCUT2D eigenvalue weighted by atomic mass is 79.9. The van der Waals surface area contributed by atoms with Crippen LogP contribution in [0, 0.1) is 0 Å². The molecule has 0 saturated heterocycles. The van der Waals surface area contributed by atoms with Crippen LogP contribution in [-0.2, 0) is 5.54 Å². The molecule has 1 amide bonds. The largest absolute Gasteiger partial charge is 0.342 e. The minimum absolute atomic E-state index is 0.234. The summed E-state index contributed by atoms with van der Waals surface area (Å²) in [6.45, 7) is 1.96. The van der Waals surface area contributed by atoms with E-state index in [1.807, 2.05) is 37.3 Å². The summed E-state index contributed by atoms with van der Waals surface area (Å²) in [6.07, 6.45) is 0. The maximum Gasteiger partial charge on any atom is 0.253 e. The third-order valence-electron chi connectivity index (χ3n) is 3.24. The smallest absolute Gasteiger partial charge is 0.253 e. The summed E-state index contributed by atoms with van der Waals surface area (Å²) in [5.41, 5.74) is 0.894. The standard InChI is InChI=1S/C16H14BrCl2NO/c1-16(10-17,11-5-3-2-4-6-11)20-15(21)13-8-7-12(18)9-14(13)19/h2-9H,10H2,1H3,(H,20,21). The van der Waals surface area contributed by atoms with Crippen LogP contribution in [-0.4, -0.2) is 11.2 Å². The average Bonchev–Trinajstić information content (AvgIpc) is 2.47. The number of alkyl halides is 1. The number of benzene rings is 2. The predicted octanol–water partition coefficient (Wildman–Crippen LogP) is 5.03. The van der Waals surface area contributed by atoms with Crippen LogP contribution in [0.4, 0.5) is 0 Å². The molecule has 2 nitrogen and oxygen atoms in total. The highest BCUT2D eigenvalue weighted by Crippen LogP contribution is 2.26. The molecule has 2 aromatic rings. The molecular formula is C16H14BrCl2NO. The van der Waals surface area contributed by atoms with E-state index in [1.165, 1.54) is 0 Å². The second-order valence-electron chi connectivity index (χ2n) is 4.91. The highest BCUT2D eigenvalue weighted by Gasteiger charge is 2.28. The van der Waals surface area contributed by atoms with Crippen molar-refractivity contribution in [1.29, 1.82) is 0 Å². The molecule has 2 aromatic carbocycles. The van der Waals surface area contributed by atoms with Crippen molar-refractivity contribution < 1.29 is 4.79 Å². The Morgan fingerprint density at radius 2 is 1.86 bits per heavy atom. The van der Waals surface area contributed by atoms with Crippen molar-refractivity contribution in [1.82, 2.24) is 5.32 Å². The second-order valence-corrected chi connectivity index (χ2v) is 6.31. The topological polar surface area (TPSA) is 29.1 Å². The number of hydrogen-bond acceptors (Lipinski definition) is 1. The van der Waals surface area contributed by atoms with Crippen molar-refractivity contribution >= 4 is 45.0 Å². The summed E-state index contributed by atoms with van der Waals surface area (Å²) < 4.78 is 0. The van der Waals surface area contributed by atoms with Crippen molar-refractivity contribution in [2.45, 2.75) is 12.5 Å². The maximum atomic E-state index is 12.5. The van der Waals surface area contributed by atoms with E-state index >= 15 is 0 Å². The summed E-state index contributed by atoms with van der Waals surface area (Å²) >= 11 is 15.4. The fraction of sp³-hybridized carbons (Fsp3) is 0.188. The van der Waals surface area contributed by atoms with E-state index in [0.717, 1.165) is 5.56 Å². The average molecular weight is 387 g/mol. The van der Waals surface area contributed by atoms with Gasteiger partial charge >= 0.3 is 0 Å². The molecule has 0 fully saturated rings. The molecule has 0 aromatic heterocycles. The number of hydrogen-bond donors (Lipinski definition) is 1. The number of halogens is 3. The van der Waals surface area contributed by atoms with Gasteiger partial charge < -0.3 is 5.32 Å². The molecule has 1 unspecified atom stereocenters. The zero-order valence-corrected chi connectivity index (χ0v) is 14.5. The molecule has 21 heavy (non-hydrogen) atoms. The van der Waals surface area contributed by atoms with Crippen molar-refractivity contribution in [3.8, 4) is 0 Å². The van der Waals surface area contributed by atoms with Gasteiger partial charge in [0.05, 0.1) is 16.1 Å². The van der Waals surface area contributed by atoms with Gasteiger partial charge in [-0.05, 0) is 30.7 Å². The third kappa shape index (κ3) is 3.79. The molecule has 1 N–H and O–H groups in total. The Bertz CT molecular complexity index is 648. The lowest BCUT2D eigenvalue weighted by Gasteiger charge is -2.29. The molecule has 0 heterocycles. The fourth-order valence-electron chi connectivity index (χ4n) is 1.98. The van der Waals surface area contributed by atoms with E-state index in [1.54, 1.807) is 18.2 Å². The molecule has 5 heteroatoms. The first-order valence-corrected chi connectivity index (χ1v) is 8.23. The van der Waals surface area contributed by atoms with E-state index in [4.69, 9.17) is 23.2 Å². The normalized spacial score (nSPS) is 13.5. The van der Waals surface area contributed by atoms with Crippen LogP contribution in [0.5, 0.6) is 0 Å². The number of rotatable bonds is 4. The van der Waals surface area contributed by atoms with Crippen molar-refractivity contribution in [2.24, 2.45) is 0 Å². The third-order valence-corrected chi connectivity index (χ3v) is 4.91. The monoisotopic (exact) mass is 385 g/mol. The van der Waals surface area contributed by atoms with Crippen LogP contribution >= 0.6 is 39.1 Å². The van der Waals surface area contributed by atoms with Crippen molar-refractivity contribution in [2.75, 3.05) is 5.33 Å². The summed E-state index contributed by atoms with van der Waals surface area (Å²) in [7, 11) is 0. The lowest BCUT2D eigenvalue weighted by molar-refractivity contribution is 0.0914. The number of amides is 1. The zero-order valence-electron chi connectivity index (χ0n) is 11.4. The molecule has 0 radical (unpaired) electrons. The van der Waals surface area contributed by atoms with Crippen LogP contribution in [0.2, 0.25) is 10.0 Å². The van der Waals surface area contributed by atoms with E-state index in [-0.39, 0.29) is 5.91 Å². The molecule has 0 saturated carbocycles. The van der Waals surface area contributed by atoms with Gasteiger partial charge in [-0.15, -0.1) is 0 Å². The summed E-state index contributed by atoms with van der Waals surface area (Å²) in [4.78, 5) is 12.5. The molecule has 0 aliphatic rings. The summed E-state index contributed by atoms with van der Waals surface area (Å²) in [5, 5.41) is 4.45. The van der Waals surface area contributed by atoms with E-state index < -0.39 is 5.54 Å². The molecule has 0 spiro atoms. The van der Waals surface area contributed by atoms with Gasteiger partial charge in [0.25, 0.3) is 5.91 Å². The van der Waals surface area contributed by atoms with Crippen molar-refractivity contribution in [3.05, 3.63) is 69.7 Å². The first-order valence-electron chi connectivity index (χ1n) is 6.35. The molecule has 0 aliphatic carbocycles. The molecular weight excluding hydrogens is 373 g/mol. The minimum Gasteiger partial charge on any atom is -0.342 e. The Morgan fingerprint density at radius 3 is 2.43 bits per heavy atom. The fourth-order valence-corrected chi connectivity index (χ4v) is 2.94. The molecule has 2 rings (SSSR count). The van der Waals surface area contributed by atoms with Gasteiger partial charge in [-0.3, -0.25) is 4.79 Å². The van der Waals surface area contributed by atoms with Gasteiger partial charge in [0.2, 0.25) is 0 Å². The molecule has 110 valence electrons. The Balaban J connectivity index is 2.28. The van der Waals surface area contributed by atoms with Gasteiger partial charge in [-0.25, -0.2) is 0 Å². The molecule has 0 bridgehead atoms. The Kier molecular flexibility index (Phi) is 5.31. The van der Waals surface area contributed by atoms with Crippen LogP contribution < -0.4 is 5.32 Å². The molecule has 1 atom stereocenters. The first-order chi connectivity index (χ1) is 9.96. The number of carbonyl (C=O) groups is 1. The zero-order chi connectivity index (χ0) is 15.5. The van der Waals surface area contributed by atoms with Crippen LogP contribution in [0.1, 0.15) is 22.8 Å². The van der Waals surface area contributed by atoms with Gasteiger partial charge in [0.1, 0.15) is 0 Å². The van der Waals surface area contributed by atoms with Gasteiger partial charge in [0, 0.05) is 10.4 Å². The van der Waals surface area contributed by atoms with E-state index in [9.17, 15) is 4.79 Å². The summed E-state index contributed by atoms with van der Waals surface area (Å²) in [5.74, 6) is -0.234. The summed E-state index contributed by atoms with van der Waals surface area (Å²) in [6, 6.07) is 14.6. The lowest BCUT2D eigenvalue weighted by Crippen LogP contribution is -2.45. The lowest BCUT2D eigenvalue weighted by atomic mass is 9.94. The number of carbonyl (C=O) groups excluding carboxylic acids is 1. The second kappa shape index (κ2) is 6.82.